The zero-order valence-corrected chi connectivity index (χ0v) is 16.1. The number of aromatic amines is 1. The predicted molar refractivity (Wildman–Crippen MR) is 115 cm³/mol. The van der Waals surface area contributed by atoms with Gasteiger partial charge in [0.15, 0.2) is 0 Å². The van der Waals surface area contributed by atoms with Crippen molar-refractivity contribution in [1.29, 1.82) is 5.26 Å². The molecule has 4 aromatic rings. The minimum absolute atomic E-state index is 0.0459. The molecule has 0 aliphatic heterocycles. The summed E-state index contributed by atoms with van der Waals surface area (Å²) in [6.07, 6.45) is 5.18. The van der Waals surface area contributed by atoms with Crippen LogP contribution in [0.25, 0.3) is 16.9 Å². The zero-order valence-electron chi connectivity index (χ0n) is 16.1. The molecule has 0 amide bonds. The number of hydrogen-bond acceptors (Lipinski definition) is 6. The number of hydrazone groups is 1. The second kappa shape index (κ2) is 8.24. The quantitative estimate of drug-likeness (QED) is 0.398. The number of anilines is 1. The SMILES string of the molecule is Cc1ccc(-n2cccn2)c(C=NNc2nc(-c3ccccc3)c(C#N)c(=O)[nH]2)c1. The molecule has 0 saturated heterocycles. The molecule has 2 aromatic heterocycles. The van der Waals surface area contributed by atoms with Crippen LogP contribution in [0.2, 0.25) is 0 Å². The third-order valence-electron chi connectivity index (χ3n) is 4.39. The van der Waals surface area contributed by atoms with Crippen LogP contribution in [0.1, 0.15) is 16.7 Å². The molecule has 8 heteroatoms. The highest BCUT2D eigenvalue weighted by Gasteiger charge is 2.13. The van der Waals surface area contributed by atoms with E-state index in [0.717, 1.165) is 16.8 Å². The van der Waals surface area contributed by atoms with E-state index in [-0.39, 0.29) is 11.5 Å². The maximum absolute atomic E-state index is 12.3. The number of benzene rings is 2. The van der Waals surface area contributed by atoms with Crippen molar-refractivity contribution in [3.8, 4) is 23.0 Å². The van der Waals surface area contributed by atoms with Crippen molar-refractivity contribution in [3.05, 3.63) is 94.0 Å². The lowest BCUT2D eigenvalue weighted by Gasteiger charge is -2.08. The topological polar surface area (TPSA) is 112 Å². The van der Waals surface area contributed by atoms with E-state index in [1.54, 1.807) is 29.2 Å². The Bertz CT molecular complexity index is 1300. The van der Waals surface area contributed by atoms with Gasteiger partial charge in [-0.05, 0) is 25.1 Å². The van der Waals surface area contributed by atoms with Crippen molar-refractivity contribution >= 4 is 12.2 Å². The first-order valence-electron chi connectivity index (χ1n) is 9.15. The van der Waals surface area contributed by atoms with E-state index in [1.807, 2.05) is 61.7 Å². The van der Waals surface area contributed by atoms with E-state index >= 15 is 0 Å². The second-order valence-electron chi connectivity index (χ2n) is 6.50. The van der Waals surface area contributed by atoms with Gasteiger partial charge in [0.25, 0.3) is 5.56 Å². The monoisotopic (exact) mass is 395 g/mol. The van der Waals surface area contributed by atoms with Gasteiger partial charge in [0.05, 0.1) is 17.6 Å². The standard InChI is InChI=1S/C22H17N7O/c1-15-8-9-19(29-11-5-10-25-29)17(12-15)14-24-28-22-26-20(16-6-3-2-4-7-16)18(13-23)21(30)27-22/h2-12,14H,1H3,(H2,26,27,28,30). The van der Waals surface area contributed by atoms with Crippen LogP contribution in [0.3, 0.4) is 0 Å². The number of nitriles is 1. The molecule has 0 saturated carbocycles. The highest BCUT2D eigenvalue weighted by molar-refractivity contribution is 5.85. The summed E-state index contributed by atoms with van der Waals surface area (Å²) in [5.74, 6) is 0.141. The number of nitrogens with one attached hydrogen (secondary N) is 2. The fourth-order valence-corrected chi connectivity index (χ4v) is 3.00. The van der Waals surface area contributed by atoms with E-state index in [0.29, 0.717) is 11.3 Å². The van der Waals surface area contributed by atoms with Crippen LogP contribution >= 0.6 is 0 Å². The van der Waals surface area contributed by atoms with Gasteiger partial charge < -0.3 is 0 Å². The third-order valence-corrected chi connectivity index (χ3v) is 4.39. The Balaban J connectivity index is 1.66. The van der Waals surface area contributed by atoms with Crippen LogP contribution in [0.5, 0.6) is 0 Å². The molecular formula is C22H17N7O. The summed E-state index contributed by atoms with van der Waals surface area (Å²) in [5.41, 5.74) is 5.92. The minimum atomic E-state index is -0.531. The first-order valence-corrected chi connectivity index (χ1v) is 9.15. The third kappa shape index (κ3) is 3.86. The highest BCUT2D eigenvalue weighted by Crippen LogP contribution is 2.19. The van der Waals surface area contributed by atoms with Gasteiger partial charge in [-0.3, -0.25) is 9.78 Å². The van der Waals surface area contributed by atoms with Gasteiger partial charge in [-0.1, -0.05) is 42.0 Å². The Labute approximate surface area is 172 Å². The van der Waals surface area contributed by atoms with Gasteiger partial charge in [0, 0.05) is 23.5 Å². The average molecular weight is 395 g/mol. The lowest BCUT2D eigenvalue weighted by molar-refractivity contribution is 0.878. The maximum atomic E-state index is 12.3. The number of H-pyrrole nitrogens is 1. The highest BCUT2D eigenvalue weighted by atomic mass is 16.1. The Morgan fingerprint density at radius 2 is 2.03 bits per heavy atom. The average Bonchev–Trinajstić information content (AvgIpc) is 3.29. The summed E-state index contributed by atoms with van der Waals surface area (Å²) in [5, 5.41) is 17.8. The summed E-state index contributed by atoms with van der Waals surface area (Å²) in [4.78, 5) is 19.3. The smallest absolute Gasteiger partial charge is 0.270 e. The van der Waals surface area contributed by atoms with Gasteiger partial charge in [0.1, 0.15) is 11.6 Å². The Kier molecular flexibility index (Phi) is 5.17. The molecule has 146 valence electrons. The maximum Gasteiger partial charge on any atom is 0.270 e. The molecule has 2 aromatic carbocycles. The van der Waals surface area contributed by atoms with Gasteiger partial charge in [-0.15, -0.1) is 0 Å². The summed E-state index contributed by atoms with van der Waals surface area (Å²) in [6.45, 7) is 1.99. The van der Waals surface area contributed by atoms with E-state index in [2.05, 4.69) is 25.6 Å². The summed E-state index contributed by atoms with van der Waals surface area (Å²) in [6, 6.07) is 18.8. The molecule has 0 unspecified atom stereocenters. The van der Waals surface area contributed by atoms with Crippen molar-refractivity contribution < 1.29 is 0 Å². The second-order valence-corrected chi connectivity index (χ2v) is 6.50. The number of aromatic nitrogens is 4. The van der Waals surface area contributed by atoms with E-state index in [1.165, 1.54) is 0 Å². The molecule has 0 spiro atoms. The molecule has 2 N–H and O–H groups in total. The lowest BCUT2D eigenvalue weighted by atomic mass is 10.1. The Hall–Kier alpha value is -4.51. The van der Waals surface area contributed by atoms with Crippen LogP contribution < -0.4 is 11.0 Å². The van der Waals surface area contributed by atoms with Crippen molar-refractivity contribution in [2.75, 3.05) is 5.43 Å². The fourth-order valence-electron chi connectivity index (χ4n) is 3.00. The van der Waals surface area contributed by atoms with Crippen molar-refractivity contribution in [1.82, 2.24) is 19.7 Å². The molecule has 0 aliphatic rings. The first-order chi connectivity index (χ1) is 14.7. The van der Waals surface area contributed by atoms with E-state index < -0.39 is 5.56 Å². The Morgan fingerprint density at radius 3 is 2.77 bits per heavy atom. The molecule has 30 heavy (non-hydrogen) atoms. The van der Waals surface area contributed by atoms with Crippen LogP contribution in [0.15, 0.2) is 76.9 Å². The molecule has 2 heterocycles. The van der Waals surface area contributed by atoms with Gasteiger partial charge in [-0.2, -0.15) is 15.5 Å². The largest absolute Gasteiger partial charge is 0.290 e. The van der Waals surface area contributed by atoms with Crippen LogP contribution in [-0.4, -0.2) is 26.0 Å². The molecule has 0 radical (unpaired) electrons. The molecule has 0 bridgehead atoms. The van der Waals surface area contributed by atoms with Crippen LogP contribution in [0.4, 0.5) is 5.95 Å². The molecular weight excluding hydrogens is 378 g/mol. The zero-order chi connectivity index (χ0) is 20.9. The first kappa shape index (κ1) is 18.8. The number of nitrogens with zero attached hydrogens (tertiary/aromatic N) is 5. The minimum Gasteiger partial charge on any atom is -0.290 e. The lowest BCUT2D eigenvalue weighted by Crippen LogP contribution is -2.16. The number of hydrogen-bond donors (Lipinski definition) is 2. The van der Waals surface area contributed by atoms with Gasteiger partial charge >= 0.3 is 0 Å². The molecule has 0 atom stereocenters. The normalized spacial score (nSPS) is 10.8. The van der Waals surface area contributed by atoms with Crippen molar-refractivity contribution in [3.63, 3.8) is 0 Å². The van der Waals surface area contributed by atoms with E-state index in [9.17, 15) is 10.1 Å². The van der Waals surface area contributed by atoms with E-state index in [4.69, 9.17) is 0 Å². The number of aryl methyl sites for hydroxylation is 1. The predicted octanol–water partition coefficient (Wildman–Crippen LogP) is 3.25. The number of rotatable bonds is 5. The van der Waals surface area contributed by atoms with Gasteiger partial charge in [0.2, 0.25) is 5.95 Å². The van der Waals surface area contributed by atoms with Crippen molar-refractivity contribution in [2.45, 2.75) is 6.92 Å². The van der Waals surface area contributed by atoms with Gasteiger partial charge in [-0.25, -0.2) is 15.1 Å². The Morgan fingerprint density at radius 1 is 1.20 bits per heavy atom. The fraction of sp³-hybridized carbons (Fsp3) is 0.0455. The molecule has 8 nitrogen and oxygen atoms in total. The molecule has 0 aliphatic carbocycles. The van der Waals surface area contributed by atoms with Crippen LogP contribution in [0, 0.1) is 18.3 Å². The summed E-state index contributed by atoms with van der Waals surface area (Å²) < 4.78 is 1.75. The molecule has 4 rings (SSSR count). The summed E-state index contributed by atoms with van der Waals surface area (Å²) in [7, 11) is 0. The summed E-state index contributed by atoms with van der Waals surface area (Å²) >= 11 is 0. The molecule has 0 fully saturated rings. The van der Waals surface area contributed by atoms with Crippen molar-refractivity contribution in [2.24, 2.45) is 5.10 Å². The van der Waals surface area contributed by atoms with Crippen LogP contribution in [-0.2, 0) is 0 Å².